The van der Waals surface area contributed by atoms with Gasteiger partial charge in [-0.3, -0.25) is 0 Å². The summed E-state index contributed by atoms with van der Waals surface area (Å²) in [6.07, 6.45) is 0. The van der Waals surface area contributed by atoms with Crippen molar-refractivity contribution >= 4 is 43.5 Å². The van der Waals surface area contributed by atoms with Crippen LogP contribution in [0.3, 0.4) is 0 Å². The van der Waals surface area contributed by atoms with Gasteiger partial charge < -0.3 is 4.42 Å². The molecule has 0 N–H and O–H groups in total. The second-order valence-corrected chi connectivity index (χ2v) is 12.9. The molecule has 4 heteroatoms. The van der Waals surface area contributed by atoms with Gasteiger partial charge in [0.05, 0.1) is 0 Å². The molecule has 0 atom stereocenters. The van der Waals surface area contributed by atoms with Gasteiger partial charge in [-0.1, -0.05) is 133 Å². The zero-order valence-electron chi connectivity index (χ0n) is 27.5. The van der Waals surface area contributed by atoms with Gasteiger partial charge in [0.15, 0.2) is 17.5 Å². The van der Waals surface area contributed by atoms with E-state index in [-0.39, 0.29) is 0 Å². The molecular formula is C47H29N3O. The van der Waals surface area contributed by atoms with Gasteiger partial charge in [0.25, 0.3) is 0 Å². The molecule has 51 heavy (non-hydrogen) atoms. The monoisotopic (exact) mass is 651 g/mol. The number of hydrogen-bond donors (Lipinski definition) is 0. The average molecular weight is 652 g/mol. The van der Waals surface area contributed by atoms with Crippen molar-refractivity contribution in [3.63, 3.8) is 0 Å². The lowest BCUT2D eigenvalue weighted by molar-refractivity contribution is 0.669. The molecule has 2 heterocycles. The largest absolute Gasteiger partial charge is 0.456 e. The van der Waals surface area contributed by atoms with Crippen LogP contribution in [0.25, 0.3) is 99.9 Å². The van der Waals surface area contributed by atoms with E-state index >= 15 is 0 Å². The lowest BCUT2D eigenvalue weighted by atomic mass is 9.98. The molecule has 0 bridgehead atoms. The molecule has 0 fully saturated rings. The number of nitrogens with zero attached hydrogens (tertiary/aromatic N) is 3. The van der Waals surface area contributed by atoms with Crippen molar-refractivity contribution < 1.29 is 4.42 Å². The Morgan fingerprint density at radius 3 is 1.49 bits per heavy atom. The van der Waals surface area contributed by atoms with Crippen molar-refractivity contribution in [3.8, 4) is 56.4 Å². The van der Waals surface area contributed by atoms with Crippen LogP contribution in [-0.4, -0.2) is 15.0 Å². The van der Waals surface area contributed by atoms with Crippen molar-refractivity contribution in [1.82, 2.24) is 15.0 Å². The van der Waals surface area contributed by atoms with Crippen molar-refractivity contribution in [2.24, 2.45) is 0 Å². The van der Waals surface area contributed by atoms with Gasteiger partial charge in [-0.15, -0.1) is 0 Å². The summed E-state index contributed by atoms with van der Waals surface area (Å²) in [4.78, 5) is 15.0. The highest BCUT2D eigenvalue weighted by Gasteiger charge is 2.15. The highest BCUT2D eigenvalue weighted by atomic mass is 16.3. The molecule has 0 aliphatic carbocycles. The summed E-state index contributed by atoms with van der Waals surface area (Å²) in [5.41, 5.74) is 9.20. The van der Waals surface area contributed by atoms with E-state index in [0.717, 1.165) is 71.7 Å². The lowest BCUT2D eigenvalue weighted by Crippen LogP contribution is -2.00. The average Bonchev–Trinajstić information content (AvgIpc) is 3.56. The molecule has 0 spiro atoms. The smallest absolute Gasteiger partial charge is 0.164 e. The number of furan rings is 1. The maximum atomic E-state index is 6.26. The molecule has 10 aromatic rings. The maximum Gasteiger partial charge on any atom is 0.164 e. The van der Waals surface area contributed by atoms with E-state index in [1.165, 1.54) is 10.8 Å². The molecule has 238 valence electrons. The third-order valence-corrected chi connectivity index (χ3v) is 9.66. The molecular weight excluding hydrogens is 623 g/mol. The number of aromatic nitrogens is 3. The van der Waals surface area contributed by atoms with Gasteiger partial charge in [-0.25, -0.2) is 15.0 Å². The first-order valence-electron chi connectivity index (χ1n) is 17.1. The van der Waals surface area contributed by atoms with Crippen LogP contribution in [0.1, 0.15) is 0 Å². The minimum atomic E-state index is 0.639. The van der Waals surface area contributed by atoms with Crippen LogP contribution in [0.2, 0.25) is 0 Å². The summed E-state index contributed by atoms with van der Waals surface area (Å²) in [5.74, 6) is 1.92. The summed E-state index contributed by atoms with van der Waals surface area (Å²) in [5, 5.41) is 6.91. The number of benzene rings is 8. The molecule has 8 aromatic carbocycles. The molecule has 0 radical (unpaired) electrons. The molecule has 0 saturated heterocycles. The van der Waals surface area contributed by atoms with Crippen LogP contribution < -0.4 is 0 Å². The number of fused-ring (bicyclic) bond motifs is 5. The summed E-state index contributed by atoms with van der Waals surface area (Å²) >= 11 is 0. The summed E-state index contributed by atoms with van der Waals surface area (Å²) in [6, 6.07) is 61.2. The SMILES string of the molecule is c1ccc(-c2cccc(-c3nc(-c4ccccc4)nc(-c4ccc5cc(-c6ccc7oc8cc9ccccc9cc8c7c6)ccc5c4)n3)c2)cc1. The maximum absolute atomic E-state index is 6.26. The van der Waals surface area contributed by atoms with Crippen LogP contribution in [0.15, 0.2) is 180 Å². The van der Waals surface area contributed by atoms with Crippen LogP contribution in [0, 0.1) is 0 Å². The summed E-state index contributed by atoms with van der Waals surface area (Å²) in [6.45, 7) is 0. The topological polar surface area (TPSA) is 51.8 Å². The Hall–Kier alpha value is -6.91. The minimum Gasteiger partial charge on any atom is -0.456 e. The predicted molar refractivity (Wildman–Crippen MR) is 209 cm³/mol. The van der Waals surface area contributed by atoms with Gasteiger partial charge in [0.2, 0.25) is 0 Å². The Kier molecular flexibility index (Phi) is 6.78. The summed E-state index contributed by atoms with van der Waals surface area (Å²) < 4.78 is 6.26. The van der Waals surface area contributed by atoms with Gasteiger partial charge in [-0.05, 0) is 86.3 Å². The Bertz CT molecular complexity index is 2910. The number of rotatable bonds is 5. The number of hydrogen-bond acceptors (Lipinski definition) is 4. The predicted octanol–water partition coefficient (Wildman–Crippen LogP) is 12.4. The van der Waals surface area contributed by atoms with E-state index in [1.807, 2.05) is 36.4 Å². The van der Waals surface area contributed by atoms with E-state index in [1.54, 1.807) is 0 Å². The van der Waals surface area contributed by atoms with Gasteiger partial charge in [0.1, 0.15) is 11.2 Å². The van der Waals surface area contributed by atoms with E-state index < -0.39 is 0 Å². The van der Waals surface area contributed by atoms with E-state index in [0.29, 0.717) is 17.5 Å². The fourth-order valence-electron chi connectivity index (χ4n) is 7.03. The lowest BCUT2D eigenvalue weighted by Gasteiger charge is -2.11. The quantitative estimate of drug-likeness (QED) is 0.186. The Morgan fingerprint density at radius 2 is 0.745 bits per heavy atom. The minimum absolute atomic E-state index is 0.639. The molecule has 0 aliphatic rings. The highest BCUT2D eigenvalue weighted by Crippen LogP contribution is 2.36. The first kappa shape index (κ1) is 29.0. The Morgan fingerprint density at radius 1 is 0.275 bits per heavy atom. The van der Waals surface area contributed by atoms with Crippen molar-refractivity contribution in [2.75, 3.05) is 0 Å². The summed E-state index contributed by atoms with van der Waals surface area (Å²) in [7, 11) is 0. The van der Waals surface area contributed by atoms with Crippen LogP contribution in [0.4, 0.5) is 0 Å². The standard InChI is InChI=1S/C47H29N3O/c1-3-10-30(11-4-1)32-16-9-17-39(25-32)46-48-45(31-12-5-2-6-13-31)49-47(50-46)40-21-20-35-24-36(18-19-37(35)26-40)38-22-23-43-41(28-38)42-27-33-14-7-8-15-34(33)29-44(42)51-43/h1-29H. The normalized spacial score (nSPS) is 11.5. The van der Waals surface area contributed by atoms with Crippen LogP contribution >= 0.6 is 0 Å². The van der Waals surface area contributed by atoms with Crippen molar-refractivity contribution in [3.05, 3.63) is 176 Å². The van der Waals surface area contributed by atoms with Crippen LogP contribution in [0.5, 0.6) is 0 Å². The zero-order chi connectivity index (χ0) is 33.7. The van der Waals surface area contributed by atoms with Crippen molar-refractivity contribution in [2.45, 2.75) is 0 Å². The molecule has 10 rings (SSSR count). The van der Waals surface area contributed by atoms with E-state index in [4.69, 9.17) is 19.4 Å². The Labute approximate surface area is 294 Å². The zero-order valence-corrected chi connectivity index (χ0v) is 27.5. The fraction of sp³-hybridized carbons (Fsp3) is 0. The van der Waals surface area contributed by atoms with Crippen LogP contribution in [-0.2, 0) is 0 Å². The Balaban J connectivity index is 1.04. The molecule has 0 unspecified atom stereocenters. The van der Waals surface area contributed by atoms with Gasteiger partial charge in [0, 0.05) is 27.5 Å². The highest BCUT2D eigenvalue weighted by molar-refractivity contribution is 6.11. The molecule has 0 amide bonds. The van der Waals surface area contributed by atoms with Crippen molar-refractivity contribution in [1.29, 1.82) is 0 Å². The van der Waals surface area contributed by atoms with Gasteiger partial charge >= 0.3 is 0 Å². The first-order chi connectivity index (χ1) is 25.2. The third-order valence-electron chi connectivity index (χ3n) is 9.66. The molecule has 2 aromatic heterocycles. The molecule has 4 nitrogen and oxygen atoms in total. The third kappa shape index (κ3) is 5.31. The first-order valence-corrected chi connectivity index (χ1v) is 17.1. The van der Waals surface area contributed by atoms with E-state index in [9.17, 15) is 0 Å². The fourth-order valence-corrected chi connectivity index (χ4v) is 7.03. The molecule has 0 aliphatic heterocycles. The van der Waals surface area contributed by atoms with Gasteiger partial charge in [-0.2, -0.15) is 0 Å². The second-order valence-electron chi connectivity index (χ2n) is 12.9. The van der Waals surface area contributed by atoms with E-state index in [2.05, 4.69) is 140 Å². The second kappa shape index (κ2) is 11.9. The molecule has 0 saturated carbocycles.